The molecule has 0 radical (unpaired) electrons. The molecule has 0 unspecified atom stereocenters. The maximum Gasteiger partial charge on any atom is 0.349 e. The van der Waals surface area contributed by atoms with Gasteiger partial charge in [-0.05, 0) is 0 Å². The third-order valence-corrected chi connectivity index (χ3v) is 1.65. The summed E-state index contributed by atoms with van der Waals surface area (Å²) in [6.45, 7) is -0.391. The van der Waals surface area contributed by atoms with Crippen LogP contribution < -0.4 is 9.47 Å². The van der Waals surface area contributed by atoms with E-state index in [9.17, 15) is 14.9 Å². The molecule has 0 atom stereocenters. The van der Waals surface area contributed by atoms with Gasteiger partial charge >= 0.3 is 17.7 Å². The van der Waals surface area contributed by atoms with Crippen LogP contribution in [0, 0.1) is 10.1 Å². The lowest BCUT2D eigenvalue weighted by Gasteiger charge is -2.04. The predicted octanol–water partition coefficient (Wildman–Crippen LogP) is -0.0548. The second-order valence-electron chi connectivity index (χ2n) is 2.67. The first-order chi connectivity index (χ1) is 8.08. The van der Waals surface area contributed by atoms with E-state index in [0.29, 0.717) is 0 Å². The zero-order valence-corrected chi connectivity index (χ0v) is 9.08. The molecule has 9 heteroatoms. The minimum atomic E-state index is -0.692. The maximum absolute atomic E-state index is 10.8. The topological polar surface area (TPSA) is 114 Å². The molecule has 0 fully saturated rings. The van der Waals surface area contributed by atoms with Gasteiger partial charge in [-0.15, -0.1) is 0 Å². The molecule has 0 aliphatic carbocycles. The minimum Gasteiger partial charge on any atom is -0.476 e. The number of carbonyl (C=O) groups is 1. The molecule has 0 spiro atoms. The summed E-state index contributed by atoms with van der Waals surface area (Å²) in [5.74, 6) is -0.865. The molecule has 0 saturated carbocycles. The van der Waals surface area contributed by atoms with E-state index in [-0.39, 0.29) is 11.9 Å². The Hall–Kier alpha value is -2.45. The number of esters is 1. The fraction of sp³-hybridized carbons (Fsp3) is 0.375. The van der Waals surface area contributed by atoms with Crippen LogP contribution in [-0.2, 0) is 9.53 Å². The smallest absolute Gasteiger partial charge is 0.349 e. The summed E-state index contributed by atoms with van der Waals surface area (Å²) >= 11 is 0. The number of hydrogen-bond acceptors (Lipinski definition) is 8. The van der Waals surface area contributed by atoms with E-state index in [4.69, 9.17) is 9.47 Å². The largest absolute Gasteiger partial charge is 0.476 e. The fourth-order valence-corrected chi connectivity index (χ4v) is 0.872. The van der Waals surface area contributed by atoms with E-state index in [2.05, 4.69) is 14.7 Å². The molecule has 92 valence electrons. The molecule has 1 heterocycles. The van der Waals surface area contributed by atoms with Gasteiger partial charge in [0.15, 0.2) is 6.61 Å². The first-order valence-corrected chi connectivity index (χ1v) is 4.33. The molecule has 1 rings (SSSR count). The zero-order valence-electron chi connectivity index (χ0n) is 9.08. The van der Waals surface area contributed by atoms with Gasteiger partial charge in [0.05, 0.1) is 19.1 Å². The molecular weight excluding hydrogens is 234 g/mol. The van der Waals surface area contributed by atoms with Crippen LogP contribution in [0.15, 0.2) is 6.20 Å². The molecule has 1 aromatic rings. The normalized spacial score (nSPS) is 9.53. The molecule has 0 N–H and O–H groups in total. The first-order valence-electron chi connectivity index (χ1n) is 4.33. The summed E-state index contributed by atoms with van der Waals surface area (Å²) in [5, 5.41) is 10.5. The number of ether oxygens (including phenoxy) is 3. The Kier molecular flexibility index (Phi) is 4.14. The fourth-order valence-electron chi connectivity index (χ4n) is 0.872. The SMILES string of the molecule is COC(=O)COc1ncc([N+](=O)[O-])c(OC)n1. The molecule has 9 nitrogen and oxygen atoms in total. The molecule has 0 bridgehead atoms. The van der Waals surface area contributed by atoms with Gasteiger partial charge in [-0.3, -0.25) is 10.1 Å². The maximum atomic E-state index is 10.8. The second-order valence-corrected chi connectivity index (χ2v) is 2.67. The third-order valence-electron chi connectivity index (χ3n) is 1.65. The van der Waals surface area contributed by atoms with E-state index in [1.807, 2.05) is 0 Å². The summed E-state index contributed by atoms with van der Waals surface area (Å²) in [6, 6.07) is -0.210. The van der Waals surface area contributed by atoms with E-state index >= 15 is 0 Å². The van der Waals surface area contributed by atoms with Crippen molar-refractivity contribution in [1.82, 2.24) is 9.97 Å². The molecule has 0 aromatic carbocycles. The van der Waals surface area contributed by atoms with Crippen LogP contribution in [0.5, 0.6) is 11.9 Å². The number of carbonyl (C=O) groups excluding carboxylic acids is 1. The molecule has 0 aliphatic heterocycles. The summed E-state index contributed by atoms with van der Waals surface area (Å²) in [5.41, 5.74) is -0.391. The van der Waals surface area contributed by atoms with E-state index in [1.165, 1.54) is 14.2 Å². The highest BCUT2D eigenvalue weighted by atomic mass is 16.6. The van der Waals surface area contributed by atoms with Crippen molar-refractivity contribution in [3.8, 4) is 11.9 Å². The van der Waals surface area contributed by atoms with E-state index in [1.54, 1.807) is 0 Å². The average Bonchev–Trinajstić information content (AvgIpc) is 2.35. The van der Waals surface area contributed by atoms with Crippen LogP contribution in [0.3, 0.4) is 0 Å². The lowest BCUT2D eigenvalue weighted by molar-refractivity contribution is -0.386. The lowest BCUT2D eigenvalue weighted by atomic mass is 10.5. The monoisotopic (exact) mass is 243 g/mol. The van der Waals surface area contributed by atoms with E-state index in [0.717, 1.165) is 6.20 Å². The number of aromatic nitrogens is 2. The number of methoxy groups -OCH3 is 2. The number of rotatable bonds is 5. The number of nitro groups is 1. The van der Waals surface area contributed by atoms with Crippen LogP contribution in [0.2, 0.25) is 0 Å². The third kappa shape index (κ3) is 3.26. The average molecular weight is 243 g/mol. The summed E-state index contributed by atoms with van der Waals surface area (Å²) in [7, 11) is 2.42. The van der Waals surface area contributed by atoms with E-state index < -0.39 is 23.2 Å². The van der Waals surface area contributed by atoms with Crippen molar-refractivity contribution in [2.75, 3.05) is 20.8 Å². The van der Waals surface area contributed by atoms with Crippen LogP contribution in [0.25, 0.3) is 0 Å². The van der Waals surface area contributed by atoms with Gasteiger partial charge in [0.1, 0.15) is 6.20 Å². The molecule has 0 amide bonds. The lowest BCUT2D eigenvalue weighted by Crippen LogP contribution is -2.14. The zero-order chi connectivity index (χ0) is 12.8. The Morgan fingerprint density at radius 3 is 2.76 bits per heavy atom. The van der Waals surface area contributed by atoms with Crippen molar-refractivity contribution >= 4 is 11.7 Å². The predicted molar refractivity (Wildman–Crippen MR) is 52.7 cm³/mol. The Morgan fingerprint density at radius 2 is 2.24 bits per heavy atom. The van der Waals surface area contributed by atoms with Gasteiger partial charge in [-0.25, -0.2) is 4.79 Å². The molecule has 17 heavy (non-hydrogen) atoms. The summed E-state index contributed by atoms with van der Waals surface area (Å²) in [4.78, 5) is 27.8. The Morgan fingerprint density at radius 1 is 1.53 bits per heavy atom. The molecular formula is C8H9N3O6. The number of nitrogens with zero attached hydrogens (tertiary/aromatic N) is 3. The van der Waals surface area contributed by atoms with Crippen LogP contribution in [0.1, 0.15) is 0 Å². The molecule has 0 aliphatic rings. The highest BCUT2D eigenvalue weighted by Crippen LogP contribution is 2.24. The molecule has 0 saturated heterocycles. The van der Waals surface area contributed by atoms with Gasteiger partial charge < -0.3 is 14.2 Å². The van der Waals surface area contributed by atoms with Gasteiger partial charge in [-0.1, -0.05) is 0 Å². The second kappa shape index (κ2) is 5.58. The minimum absolute atomic E-state index is 0.210. The van der Waals surface area contributed by atoms with Gasteiger partial charge in [0.25, 0.3) is 5.88 Å². The number of hydrogen-bond donors (Lipinski definition) is 0. The summed E-state index contributed by atoms with van der Waals surface area (Å²) < 4.78 is 13.9. The Balaban J connectivity index is 2.82. The standard InChI is InChI=1S/C8H9N3O6/c1-15-6(12)4-17-8-9-3-5(11(13)14)7(10-8)16-2/h3H,4H2,1-2H3. The van der Waals surface area contributed by atoms with Crippen molar-refractivity contribution < 1.29 is 23.9 Å². The van der Waals surface area contributed by atoms with Crippen molar-refractivity contribution in [2.45, 2.75) is 0 Å². The van der Waals surface area contributed by atoms with Crippen molar-refractivity contribution in [2.24, 2.45) is 0 Å². The Labute approximate surface area is 95.5 Å². The highest BCUT2D eigenvalue weighted by molar-refractivity contribution is 5.70. The first kappa shape index (κ1) is 12.6. The Bertz CT molecular complexity index is 435. The van der Waals surface area contributed by atoms with Crippen molar-refractivity contribution in [3.63, 3.8) is 0 Å². The van der Waals surface area contributed by atoms with Crippen LogP contribution >= 0.6 is 0 Å². The quantitative estimate of drug-likeness (QED) is 0.401. The van der Waals surface area contributed by atoms with Crippen LogP contribution in [0.4, 0.5) is 5.69 Å². The highest BCUT2D eigenvalue weighted by Gasteiger charge is 2.18. The van der Waals surface area contributed by atoms with Gasteiger partial charge in [-0.2, -0.15) is 9.97 Å². The molecule has 1 aromatic heterocycles. The summed E-state index contributed by atoms with van der Waals surface area (Å²) in [6.07, 6.45) is 0.929. The van der Waals surface area contributed by atoms with Gasteiger partial charge in [0, 0.05) is 0 Å². The van der Waals surface area contributed by atoms with Crippen molar-refractivity contribution in [1.29, 1.82) is 0 Å². The van der Waals surface area contributed by atoms with Crippen LogP contribution in [-0.4, -0.2) is 41.7 Å². The van der Waals surface area contributed by atoms with Gasteiger partial charge in [0.2, 0.25) is 0 Å². The van der Waals surface area contributed by atoms with Crippen molar-refractivity contribution in [3.05, 3.63) is 16.3 Å².